The van der Waals surface area contributed by atoms with Crippen LogP contribution in [-0.2, 0) is 0 Å². The highest BCUT2D eigenvalue weighted by atomic mass is 15.1. The van der Waals surface area contributed by atoms with Crippen molar-refractivity contribution >= 4 is 27.5 Å². The van der Waals surface area contributed by atoms with Gasteiger partial charge in [-0.2, -0.15) is 0 Å². The molecule has 63 heavy (non-hydrogen) atoms. The largest absolute Gasteiger partial charge is 0.308 e. The van der Waals surface area contributed by atoms with Crippen molar-refractivity contribution in [2.24, 2.45) is 0 Å². The van der Waals surface area contributed by atoms with Crippen LogP contribution in [0.5, 0.6) is 0 Å². The molecular weight excluding hydrogens is 771 g/mol. The second-order valence-corrected chi connectivity index (χ2v) is 15.2. The molecule has 0 saturated heterocycles. The summed E-state index contributed by atoms with van der Waals surface area (Å²) in [5, 5.41) is 2.21. The van der Waals surface area contributed by atoms with Crippen LogP contribution < -0.4 is 0 Å². The molecule has 0 unspecified atom stereocenters. The zero-order valence-electron chi connectivity index (χ0n) is 33.8. The van der Waals surface area contributed by atoms with Gasteiger partial charge in [-0.05, 0) is 53.6 Å². The van der Waals surface area contributed by atoms with E-state index in [1.165, 1.54) is 0 Å². The third-order valence-electron chi connectivity index (χ3n) is 11.3. The number of rotatable bonds is 8. The number of para-hydroxylation sites is 1. The van der Waals surface area contributed by atoms with Crippen LogP contribution in [0.1, 0.15) is 0 Å². The third kappa shape index (κ3) is 7.08. The van der Waals surface area contributed by atoms with Gasteiger partial charge in [-0.15, -0.1) is 0 Å². The zero-order valence-corrected chi connectivity index (χ0v) is 33.8. The summed E-state index contributed by atoms with van der Waals surface area (Å²) in [6.07, 6.45) is 0. The third-order valence-corrected chi connectivity index (χ3v) is 11.3. The molecule has 7 heteroatoms. The summed E-state index contributed by atoms with van der Waals surface area (Å²) in [6.45, 7) is 7.69. The maximum absolute atomic E-state index is 7.69. The Hall–Kier alpha value is -8.86. The second kappa shape index (κ2) is 16.0. The van der Waals surface area contributed by atoms with Crippen LogP contribution in [0.15, 0.2) is 212 Å². The van der Waals surface area contributed by atoms with E-state index in [1.54, 1.807) is 0 Å². The van der Waals surface area contributed by atoms with Gasteiger partial charge in [-0.25, -0.2) is 29.8 Å². The Morgan fingerprint density at radius 2 is 0.825 bits per heavy atom. The first-order valence-corrected chi connectivity index (χ1v) is 20.7. The number of hydrogen-bond acceptors (Lipinski definition) is 5. The Labute approximate surface area is 364 Å². The molecule has 8 aromatic carbocycles. The predicted octanol–water partition coefficient (Wildman–Crippen LogP) is 14.0. The van der Waals surface area contributed by atoms with Crippen LogP contribution in [-0.4, -0.2) is 29.5 Å². The Bertz CT molecular complexity index is 3390. The van der Waals surface area contributed by atoms with Crippen molar-refractivity contribution in [3.63, 3.8) is 0 Å². The van der Waals surface area contributed by atoms with Gasteiger partial charge in [0.05, 0.1) is 34.7 Å². The fraction of sp³-hybridized carbons (Fsp3) is 0. The van der Waals surface area contributed by atoms with Gasteiger partial charge in [0, 0.05) is 44.2 Å². The van der Waals surface area contributed by atoms with E-state index in [4.69, 9.17) is 31.5 Å². The van der Waals surface area contributed by atoms with E-state index in [1.807, 2.05) is 115 Å². The number of aromatic nitrogens is 6. The van der Waals surface area contributed by atoms with Crippen molar-refractivity contribution in [2.75, 3.05) is 0 Å². The standard InChI is InChI=1S/C56H35N7/c1-57-44-26-16-25-41(33-44)42-29-31-46-45-27-14-15-28-50(45)63(52(46)35-42)51-32-30-43(55-58-48(37-17-6-2-7-18-37)36-49(59-55)38-19-8-3-9-20-38)34-47(51)56-61-53(39-21-10-4-11-22-39)60-54(62-56)40-23-12-5-13-24-40/h2-36H. The fourth-order valence-electron chi connectivity index (χ4n) is 8.23. The molecule has 7 nitrogen and oxygen atoms in total. The van der Waals surface area contributed by atoms with Gasteiger partial charge in [0.1, 0.15) is 0 Å². The van der Waals surface area contributed by atoms with Crippen LogP contribution in [0.25, 0.3) is 112 Å². The summed E-state index contributed by atoms with van der Waals surface area (Å²) in [5.41, 5.74) is 12.5. The van der Waals surface area contributed by atoms with E-state index in [2.05, 4.69) is 106 Å². The molecular formula is C56H35N7. The maximum Gasteiger partial charge on any atom is 0.187 e. The predicted molar refractivity (Wildman–Crippen MR) is 254 cm³/mol. The van der Waals surface area contributed by atoms with Crippen LogP contribution in [0, 0.1) is 6.57 Å². The molecule has 0 N–H and O–H groups in total. The zero-order chi connectivity index (χ0) is 42.1. The smallest absolute Gasteiger partial charge is 0.187 e. The van der Waals surface area contributed by atoms with Crippen LogP contribution >= 0.6 is 0 Å². The van der Waals surface area contributed by atoms with Gasteiger partial charge in [0.15, 0.2) is 29.0 Å². The van der Waals surface area contributed by atoms with Gasteiger partial charge in [0.2, 0.25) is 0 Å². The molecule has 0 aliphatic carbocycles. The lowest BCUT2D eigenvalue weighted by molar-refractivity contribution is 1.06. The SMILES string of the molecule is [C-]#[N+]c1cccc(-c2ccc3c4ccccc4n(-c4ccc(-c5nc(-c6ccccc6)cc(-c6ccccc6)n5)cc4-c4nc(-c5ccccc5)nc(-c5ccccc5)n4)c3c2)c1. The molecule has 0 amide bonds. The van der Waals surface area contributed by atoms with Crippen molar-refractivity contribution in [1.29, 1.82) is 0 Å². The molecule has 3 aromatic heterocycles. The molecule has 0 spiro atoms. The highest BCUT2D eigenvalue weighted by Crippen LogP contribution is 2.40. The minimum absolute atomic E-state index is 0.508. The Kier molecular flexibility index (Phi) is 9.41. The fourth-order valence-corrected chi connectivity index (χ4v) is 8.23. The van der Waals surface area contributed by atoms with E-state index in [0.29, 0.717) is 29.0 Å². The first-order chi connectivity index (χ1) is 31.2. The summed E-state index contributed by atoms with van der Waals surface area (Å²) >= 11 is 0. The minimum atomic E-state index is 0.508. The molecule has 0 atom stereocenters. The van der Waals surface area contributed by atoms with E-state index in [-0.39, 0.29) is 0 Å². The summed E-state index contributed by atoms with van der Waals surface area (Å²) in [5.74, 6) is 2.21. The summed E-state index contributed by atoms with van der Waals surface area (Å²) < 4.78 is 2.30. The van der Waals surface area contributed by atoms with Gasteiger partial charge in [0.25, 0.3) is 0 Å². The molecule has 0 aliphatic heterocycles. The Balaban J connectivity index is 1.21. The number of benzene rings is 8. The molecule has 0 aliphatic rings. The van der Waals surface area contributed by atoms with Gasteiger partial charge < -0.3 is 4.57 Å². The molecule has 11 rings (SSSR count). The number of hydrogen-bond donors (Lipinski definition) is 0. The molecule has 0 saturated carbocycles. The monoisotopic (exact) mass is 805 g/mol. The topological polar surface area (TPSA) is 73.7 Å². The van der Waals surface area contributed by atoms with Crippen LogP contribution in [0.4, 0.5) is 5.69 Å². The normalized spacial score (nSPS) is 11.2. The highest BCUT2D eigenvalue weighted by Gasteiger charge is 2.22. The first-order valence-electron chi connectivity index (χ1n) is 20.7. The van der Waals surface area contributed by atoms with Crippen molar-refractivity contribution in [3.8, 4) is 84.9 Å². The van der Waals surface area contributed by atoms with Gasteiger partial charge in [-0.3, -0.25) is 0 Å². The van der Waals surface area contributed by atoms with E-state index >= 15 is 0 Å². The lowest BCUT2D eigenvalue weighted by atomic mass is 10.0. The minimum Gasteiger partial charge on any atom is -0.308 e. The van der Waals surface area contributed by atoms with Crippen molar-refractivity contribution in [3.05, 3.63) is 224 Å². The molecule has 3 heterocycles. The Morgan fingerprint density at radius 3 is 1.44 bits per heavy atom. The van der Waals surface area contributed by atoms with Crippen molar-refractivity contribution in [1.82, 2.24) is 29.5 Å². The number of fused-ring (bicyclic) bond motifs is 3. The summed E-state index contributed by atoms with van der Waals surface area (Å²) in [4.78, 5) is 29.8. The molecule has 0 fully saturated rings. The van der Waals surface area contributed by atoms with Gasteiger partial charge >= 0.3 is 0 Å². The van der Waals surface area contributed by atoms with E-state index in [0.717, 1.165) is 83.4 Å². The van der Waals surface area contributed by atoms with Crippen LogP contribution in [0.2, 0.25) is 0 Å². The molecule has 0 bridgehead atoms. The molecule has 294 valence electrons. The summed E-state index contributed by atoms with van der Waals surface area (Å²) in [6, 6.07) is 71.7. The average molecular weight is 806 g/mol. The van der Waals surface area contributed by atoms with Crippen molar-refractivity contribution < 1.29 is 0 Å². The average Bonchev–Trinajstić information content (AvgIpc) is 3.70. The van der Waals surface area contributed by atoms with Crippen molar-refractivity contribution in [2.45, 2.75) is 0 Å². The Morgan fingerprint density at radius 1 is 0.333 bits per heavy atom. The quantitative estimate of drug-likeness (QED) is 0.143. The first kappa shape index (κ1) is 37.2. The maximum atomic E-state index is 7.69. The summed E-state index contributed by atoms with van der Waals surface area (Å²) in [7, 11) is 0. The van der Waals surface area contributed by atoms with Gasteiger partial charge in [-0.1, -0.05) is 170 Å². The van der Waals surface area contributed by atoms with E-state index in [9.17, 15) is 0 Å². The molecule has 11 aromatic rings. The second-order valence-electron chi connectivity index (χ2n) is 15.2. The van der Waals surface area contributed by atoms with Crippen LogP contribution in [0.3, 0.4) is 0 Å². The highest BCUT2D eigenvalue weighted by molar-refractivity contribution is 6.10. The number of nitrogens with zero attached hydrogens (tertiary/aromatic N) is 7. The van der Waals surface area contributed by atoms with E-state index < -0.39 is 0 Å². The lowest BCUT2D eigenvalue weighted by Crippen LogP contribution is -2.04. The lowest BCUT2D eigenvalue weighted by Gasteiger charge is -2.17. The molecule has 0 radical (unpaired) electrons.